The van der Waals surface area contributed by atoms with E-state index in [1.807, 2.05) is 24.3 Å². The molecule has 1 aliphatic heterocycles. The molecule has 5 nitrogen and oxygen atoms in total. The van der Waals surface area contributed by atoms with Gasteiger partial charge in [-0.05, 0) is 25.6 Å². The number of aromatic nitrogens is 2. The molecule has 1 aromatic heterocycles. The van der Waals surface area contributed by atoms with Crippen molar-refractivity contribution in [1.82, 2.24) is 14.9 Å². The summed E-state index contributed by atoms with van der Waals surface area (Å²) in [4.78, 5) is 13.1. The summed E-state index contributed by atoms with van der Waals surface area (Å²) in [5.74, 6) is 1.35. The number of hydrogen-bond donors (Lipinski definition) is 1. The van der Waals surface area contributed by atoms with Crippen LogP contribution in [-0.4, -0.2) is 55.1 Å². The van der Waals surface area contributed by atoms with Crippen LogP contribution in [0.4, 0.5) is 5.95 Å². The molecular formula is C12H21N5. The molecule has 2 heterocycles. The van der Waals surface area contributed by atoms with E-state index < -0.39 is 0 Å². The maximum absolute atomic E-state index is 5.51. The monoisotopic (exact) mass is 235 g/mol. The summed E-state index contributed by atoms with van der Waals surface area (Å²) in [6.45, 7) is 3.68. The van der Waals surface area contributed by atoms with Gasteiger partial charge in [0.05, 0.1) is 0 Å². The molecule has 17 heavy (non-hydrogen) atoms. The molecule has 2 N–H and O–H groups in total. The van der Waals surface area contributed by atoms with E-state index in [-0.39, 0.29) is 0 Å². The molecule has 1 aromatic rings. The van der Waals surface area contributed by atoms with Crippen molar-refractivity contribution < 1.29 is 0 Å². The standard InChI is InChI=1S/C12H21N5/c1-16-5-3-10(9-16)11-7-14-12(15-8-11)17(2)6-4-13/h7-8,10H,3-6,9,13H2,1-2H3. The van der Waals surface area contributed by atoms with Crippen LogP contribution in [0.25, 0.3) is 0 Å². The number of hydrogen-bond acceptors (Lipinski definition) is 5. The highest BCUT2D eigenvalue weighted by Gasteiger charge is 2.21. The fourth-order valence-corrected chi connectivity index (χ4v) is 2.24. The van der Waals surface area contributed by atoms with Gasteiger partial charge in [0.1, 0.15) is 0 Å². The molecule has 0 aromatic carbocycles. The third-order valence-electron chi connectivity index (χ3n) is 3.33. The lowest BCUT2D eigenvalue weighted by molar-refractivity contribution is 0.411. The molecule has 0 aliphatic carbocycles. The first-order valence-electron chi connectivity index (χ1n) is 6.12. The van der Waals surface area contributed by atoms with Crippen LogP contribution in [0.2, 0.25) is 0 Å². The Kier molecular flexibility index (Phi) is 3.91. The van der Waals surface area contributed by atoms with Gasteiger partial charge in [0.2, 0.25) is 5.95 Å². The first kappa shape index (κ1) is 12.3. The summed E-state index contributed by atoms with van der Waals surface area (Å²) < 4.78 is 0. The van der Waals surface area contributed by atoms with Crippen molar-refractivity contribution >= 4 is 5.95 Å². The minimum absolute atomic E-state index is 0.592. The Morgan fingerprint density at radius 2 is 2.18 bits per heavy atom. The van der Waals surface area contributed by atoms with Crippen LogP contribution in [0.15, 0.2) is 12.4 Å². The van der Waals surface area contributed by atoms with E-state index >= 15 is 0 Å². The Hall–Kier alpha value is -1.20. The first-order chi connectivity index (χ1) is 8.20. The summed E-state index contributed by atoms with van der Waals surface area (Å²) >= 11 is 0. The summed E-state index contributed by atoms with van der Waals surface area (Å²) in [6.07, 6.45) is 5.12. The summed E-state index contributed by atoms with van der Waals surface area (Å²) in [5.41, 5.74) is 6.76. The zero-order valence-electron chi connectivity index (χ0n) is 10.6. The molecule has 1 unspecified atom stereocenters. The van der Waals surface area contributed by atoms with Crippen LogP contribution in [-0.2, 0) is 0 Å². The fourth-order valence-electron chi connectivity index (χ4n) is 2.24. The Labute approximate surface area is 103 Å². The average molecular weight is 235 g/mol. The molecule has 1 aliphatic rings. The van der Waals surface area contributed by atoms with E-state index in [9.17, 15) is 0 Å². The lowest BCUT2D eigenvalue weighted by atomic mass is 10.0. The first-order valence-corrected chi connectivity index (χ1v) is 6.12. The molecule has 0 bridgehead atoms. The van der Waals surface area contributed by atoms with Crippen molar-refractivity contribution in [3.05, 3.63) is 18.0 Å². The highest BCUT2D eigenvalue weighted by Crippen LogP contribution is 2.25. The number of nitrogens with zero attached hydrogens (tertiary/aromatic N) is 4. The second kappa shape index (κ2) is 5.42. The van der Waals surface area contributed by atoms with Gasteiger partial charge < -0.3 is 15.5 Å². The molecule has 0 radical (unpaired) electrons. The van der Waals surface area contributed by atoms with Crippen molar-refractivity contribution in [2.75, 3.05) is 45.2 Å². The number of anilines is 1. The van der Waals surface area contributed by atoms with E-state index in [1.54, 1.807) is 0 Å². The summed E-state index contributed by atoms with van der Waals surface area (Å²) in [5, 5.41) is 0. The Morgan fingerprint density at radius 1 is 1.47 bits per heavy atom. The minimum atomic E-state index is 0.592. The molecule has 5 heteroatoms. The zero-order chi connectivity index (χ0) is 12.3. The van der Waals surface area contributed by atoms with Gasteiger partial charge >= 0.3 is 0 Å². The van der Waals surface area contributed by atoms with Crippen LogP contribution < -0.4 is 10.6 Å². The smallest absolute Gasteiger partial charge is 0.225 e. The van der Waals surface area contributed by atoms with Crippen molar-refractivity contribution in [2.45, 2.75) is 12.3 Å². The Morgan fingerprint density at radius 3 is 2.71 bits per heavy atom. The van der Waals surface area contributed by atoms with Crippen LogP contribution >= 0.6 is 0 Å². The zero-order valence-corrected chi connectivity index (χ0v) is 10.6. The fraction of sp³-hybridized carbons (Fsp3) is 0.667. The van der Waals surface area contributed by atoms with Crippen LogP contribution in [0.5, 0.6) is 0 Å². The molecule has 0 amide bonds. The average Bonchev–Trinajstić information content (AvgIpc) is 2.76. The largest absolute Gasteiger partial charge is 0.343 e. The molecule has 0 spiro atoms. The van der Waals surface area contributed by atoms with Gasteiger partial charge in [-0.3, -0.25) is 0 Å². The third-order valence-corrected chi connectivity index (χ3v) is 3.33. The highest BCUT2D eigenvalue weighted by atomic mass is 15.2. The molecule has 1 atom stereocenters. The lowest BCUT2D eigenvalue weighted by Gasteiger charge is -2.16. The number of likely N-dealkylation sites (N-methyl/N-ethyl adjacent to an activating group) is 2. The Balaban J connectivity index is 2.02. The van der Waals surface area contributed by atoms with Crippen LogP contribution in [0.3, 0.4) is 0 Å². The van der Waals surface area contributed by atoms with Crippen molar-refractivity contribution in [3.63, 3.8) is 0 Å². The van der Waals surface area contributed by atoms with Gasteiger partial charge in [-0.15, -0.1) is 0 Å². The maximum atomic E-state index is 5.51. The molecular weight excluding hydrogens is 214 g/mol. The highest BCUT2D eigenvalue weighted by molar-refractivity contribution is 5.29. The number of likely N-dealkylation sites (tertiary alicyclic amines) is 1. The van der Waals surface area contributed by atoms with Gasteiger partial charge in [0.25, 0.3) is 0 Å². The third kappa shape index (κ3) is 2.92. The quantitative estimate of drug-likeness (QED) is 0.813. The second-order valence-electron chi connectivity index (χ2n) is 4.77. The second-order valence-corrected chi connectivity index (χ2v) is 4.77. The topological polar surface area (TPSA) is 58.3 Å². The Bertz CT molecular complexity index is 350. The van der Waals surface area contributed by atoms with E-state index in [2.05, 4.69) is 21.9 Å². The van der Waals surface area contributed by atoms with Gasteiger partial charge in [0.15, 0.2) is 0 Å². The molecule has 1 fully saturated rings. The van der Waals surface area contributed by atoms with E-state index in [0.29, 0.717) is 12.5 Å². The number of rotatable bonds is 4. The van der Waals surface area contributed by atoms with E-state index in [0.717, 1.165) is 19.0 Å². The SMILES string of the molecule is CN1CCC(c2cnc(N(C)CCN)nc2)C1. The van der Waals surface area contributed by atoms with Gasteiger partial charge in [-0.2, -0.15) is 0 Å². The molecule has 2 rings (SSSR count). The number of nitrogens with two attached hydrogens (primary N) is 1. The van der Waals surface area contributed by atoms with E-state index in [4.69, 9.17) is 5.73 Å². The molecule has 94 valence electrons. The van der Waals surface area contributed by atoms with Crippen molar-refractivity contribution in [3.8, 4) is 0 Å². The van der Waals surface area contributed by atoms with Gasteiger partial charge in [-0.1, -0.05) is 0 Å². The van der Waals surface area contributed by atoms with Gasteiger partial charge in [-0.25, -0.2) is 9.97 Å². The minimum Gasteiger partial charge on any atom is -0.343 e. The van der Waals surface area contributed by atoms with Crippen molar-refractivity contribution in [1.29, 1.82) is 0 Å². The van der Waals surface area contributed by atoms with Crippen LogP contribution in [0, 0.1) is 0 Å². The lowest BCUT2D eigenvalue weighted by Crippen LogP contribution is -2.26. The maximum Gasteiger partial charge on any atom is 0.225 e. The van der Waals surface area contributed by atoms with Crippen LogP contribution in [0.1, 0.15) is 17.9 Å². The van der Waals surface area contributed by atoms with E-state index in [1.165, 1.54) is 18.5 Å². The summed E-state index contributed by atoms with van der Waals surface area (Å²) in [6, 6.07) is 0. The van der Waals surface area contributed by atoms with Crippen molar-refractivity contribution in [2.24, 2.45) is 5.73 Å². The predicted molar refractivity (Wildman–Crippen MR) is 69.2 cm³/mol. The molecule has 0 saturated carbocycles. The van der Waals surface area contributed by atoms with Gasteiger partial charge in [0, 0.05) is 45.0 Å². The predicted octanol–water partition coefficient (Wildman–Crippen LogP) is 0.291. The molecule has 1 saturated heterocycles. The summed E-state index contributed by atoms with van der Waals surface area (Å²) in [7, 11) is 4.12. The normalized spacial score (nSPS) is 20.8.